The molecule has 0 radical (unpaired) electrons. The molecule has 0 aromatic carbocycles. The van der Waals surface area contributed by atoms with E-state index >= 15 is 0 Å². The van der Waals surface area contributed by atoms with Crippen LogP contribution in [-0.2, 0) is 0 Å². The standard InChI is InChI=1S/C6H7N5/c7-5-4(10-3-11-5)6-8-1-2-9-6/h1-3H,7H2,(H,8,9)(H,10,11). The van der Waals surface area contributed by atoms with Gasteiger partial charge in [-0.05, 0) is 0 Å². The number of nitrogens with two attached hydrogens (primary N) is 1. The Kier molecular flexibility index (Phi) is 1.15. The zero-order valence-electron chi connectivity index (χ0n) is 5.70. The zero-order valence-corrected chi connectivity index (χ0v) is 5.70. The summed E-state index contributed by atoms with van der Waals surface area (Å²) in [6, 6.07) is 0. The molecule has 2 aromatic rings. The van der Waals surface area contributed by atoms with Gasteiger partial charge >= 0.3 is 0 Å². The van der Waals surface area contributed by atoms with E-state index in [-0.39, 0.29) is 0 Å². The van der Waals surface area contributed by atoms with Crippen molar-refractivity contribution in [3.63, 3.8) is 0 Å². The van der Waals surface area contributed by atoms with Gasteiger partial charge in [-0.1, -0.05) is 0 Å². The molecule has 0 unspecified atom stereocenters. The Morgan fingerprint density at radius 2 is 2.18 bits per heavy atom. The lowest BCUT2D eigenvalue weighted by Gasteiger charge is -1.90. The highest BCUT2D eigenvalue weighted by molar-refractivity contribution is 5.63. The molecular formula is C6H7N5. The van der Waals surface area contributed by atoms with Gasteiger partial charge in [0.2, 0.25) is 0 Å². The van der Waals surface area contributed by atoms with Crippen LogP contribution in [0.25, 0.3) is 11.5 Å². The predicted molar refractivity (Wildman–Crippen MR) is 40.6 cm³/mol. The monoisotopic (exact) mass is 149 g/mol. The highest BCUT2D eigenvalue weighted by atomic mass is 15.0. The maximum Gasteiger partial charge on any atom is 0.157 e. The molecule has 2 aromatic heterocycles. The molecule has 0 atom stereocenters. The smallest absolute Gasteiger partial charge is 0.157 e. The number of nitrogens with one attached hydrogen (secondary N) is 2. The molecule has 4 N–H and O–H groups in total. The highest BCUT2D eigenvalue weighted by Crippen LogP contribution is 2.16. The van der Waals surface area contributed by atoms with Crippen LogP contribution in [-0.4, -0.2) is 19.9 Å². The van der Waals surface area contributed by atoms with Gasteiger partial charge in [-0.2, -0.15) is 0 Å². The minimum atomic E-state index is 0.458. The third-order valence-corrected chi connectivity index (χ3v) is 1.40. The first-order valence-corrected chi connectivity index (χ1v) is 3.16. The van der Waals surface area contributed by atoms with Crippen LogP contribution < -0.4 is 5.73 Å². The minimum Gasteiger partial charge on any atom is -0.382 e. The Morgan fingerprint density at radius 3 is 2.73 bits per heavy atom. The van der Waals surface area contributed by atoms with Gasteiger partial charge < -0.3 is 15.7 Å². The minimum absolute atomic E-state index is 0.458. The number of H-pyrrole nitrogens is 2. The summed E-state index contributed by atoms with van der Waals surface area (Å²) < 4.78 is 0. The fourth-order valence-corrected chi connectivity index (χ4v) is 0.897. The molecule has 5 nitrogen and oxygen atoms in total. The van der Waals surface area contributed by atoms with Crippen LogP contribution in [0.3, 0.4) is 0 Å². The Bertz CT molecular complexity index is 333. The molecule has 0 aliphatic heterocycles. The topological polar surface area (TPSA) is 83.4 Å². The molecule has 0 aliphatic carbocycles. The number of nitrogens with zero attached hydrogens (tertiary/aromatic N) is 2. The Labute approximate surface area is 62.7 Å². The summed E-state index contributed by atoms with van der Waals surface area (Å²) in [7, 11) is 0. The fourth-order valence-electron chi connectivity index (χ4n) is 0.897. The molecular weight excluding hydrogens is 142 g/mol. The van der Waals surface area contributed by atoms with Gasteiger partial charge in [-0.15, -0.1) is 0 Å². The van der Waals surface area contributed by atoms with E-state index in [4.69, 9.17) is 5.73 Å². The summed E-state index contributed by atoms with van der Waals surface area (Å²) in [5.74, 6) is 1.17. The van der Waals surface area contributed by atoms with Crippen LogP contribution in [0.5, 0.6) is 0 Å². The molecule has 0 bridgehead atoms. The first-order valence-electron chi connectivity index (χ1n) is 3.16. The van der Waals surface area contributed by atoms with Crippen LogP contribution in [0.15, 0.2) is 18.7 Å². The second kappa shape index (κ2) is 2.12. The zero-order chi connectivity index (χ0) is 7.68. The van der Waals surface area contributed by atoms with Crippen LogP contribution in [0.2, 0.25) is 0 Å². The molecule has 0 fully saturated rings. The molecule has 0 spiro atoms. The normalized spacial score (nSPS) is 10.2. The Hall–Kier alpha value is -1.78. The van der Waals surface area contributed by atoms with Gasteiger partial charge in [0.25, 0.3) is 0 Å². The van der Waals surface area contributed by atoms with Gasteiger partial charge in [0.1, 0.15) is 5.69 Å². The maximum atomic E-state index is 5.53. The molecule has 0 amide bonds. The molecule has 2 rings (SSSR count). The number of hydrogen-bond acceptors (Lipinski definition) is 3. The van der Waals surface area contributed by atoms with E-state index < -0.39 is 0 Å². The molecule has 56 valence electrons. The molecule has 0 saturated carbocycles. The summed E-state index contributed by atoms with van der Waals surface area (Å²) in [6.45, 7) is 0. The van der Waals surface area contributed by atoms with E-state index in [2.05, 4.69) is 19.9 Å². The lowest BCUT2D eigenvalue weighted by molar-refractivity contribution is 1.25. The van der Waals surface area contributed by atoms with Crippen molar-refractivity contribution in [3.8, 4) is 11.5 Å². The van der Waals surface area contributed by atoms with Crippen LogP contribution in [0, 0.1) is 0 Å². The number of nitrogen functional groups attached to an aromatic ring is 1. The van der Waals surface area contributed by atoms with E-state index in [0.29, 0.717) is 11.6 Å². The van der Waals surface area contributed by atoms with E-state index in [1.54, 1.807) is 12.4 Å². The summed E-state index contributed by atoms with van der Waals surface area (Å²) >= 11 is 0. The SMILES string of the molecule is Nc1nc[nH]c1-c1ncc[nH]1. The lowest BCUT2D eigenvalue weighted by Crippen LogP contribution is -1.89. The van der Waals surface area contributed by atoms with Crippen molar-refractivity contribution in [2.24, 2.45) is 0 Å². The van der Waals surface area contributed by atoms with Crippen molar-refractivity contribution < 1.29 is 0 Å². The molecule has 5 heteroatoms. The summed E-state index contributed by atoms with van der Waals surface area (Å²) in [6.07, 6.45) is 4.93. The van der Waals surface area contributed by atoms with E-state index in [9.17, 15) is 0 Å². The number of rotatable bonds is 1. The average molecular weight is 149 g/mol. The number of aromatic nitrogens is 4. The molecule has 2 heterocycles. The number of anilines is 1. The second-order valence-corrected chi connectivity index (χ2v) is 2.10. The van der Waals surface area contributed by atoms with E-state index in [0.717, 1.165) is 5.69 Å². The van der Waals surface area contributed by atoms with Gasteiger partial charge in [0.05, 0.1) is 6.33 Å². The maximum absolute atomic E-state index is 5.53. The van der Waals surface area contributed by atoms with Gasteiger partial charge in [-0.25, -0.2) is 9.97 Å². The van der Waals surface area contributed by atoms with Gasteiger partial charge in [-0.3, -0.25) is 0 Å². The fraction of sp³-hybridized carbons (Fsp3) is 0. The van der Waals surface area contributed by atoms with Crippen molar-refractivity contribution in [3.05, 3.63) is 18.7 Å². The summed E-state index contributed by atoms with van der Waals surface area (Å²) in [5.41, 5.74) is 6.26. The third-order valence-electron chi connectivity index (χ3n) is 1.40. The van der Waals surface area contributed by atoms with Crippen molar-refractivity contribution in [1.82, 2.24) is 19.9 Å². The number of imidazole rings is 2. The van der Waals surface area contributed by atoms with Crippen molar-refractivity contribution in [1.29, 1.82) is 0 Å². The van der Waals surface area contributed by atoms with Crippen LogP contribution >= 0.6 is 0 Å². The Morgan fingerprint density at radius 1 is 1.27 bits per heavy atom. The van der Waals surface area contributed by atoms with E-state index in [1.165, 1.54) is 6.33 Å². The van der Waals surface area contributed by atoms with E-state index in [1.807, 2.05) is 0 Å². The molecule has 0 saturated heterocycles. The summed E-state index contributed by atoms with van der Waals surface area (Å²) in [4.78, 5) is 13.6. The first-order chi connectivity index (χ1) is 5.38. The number of hydrogen-bond donors (Lipinski definition) is 3. The largest absolute Gasteiger partial charge is 0.382 e. The third kappa shape index (κ3) is 0.861. The van der Waals surface area contributed by atoms with Crippen molar-refractivity contribution in [2.45, 2.75) is 0 Å². The molecule has 11 heavy (non-hydrogen) atoms. The van der Waals surface area contributed by atoms with Crippen LogP contribution in [0.4, 0.5) is 5.82 Å². The Balaban J connectivity index is 2.53. The first kappa shape index (κ1) is 5.96. The average Bonchev–Trinajstić information content (AvgIpc) is 2.55. The van der Waals surface area contributed by atoms with Crippen molar-refractivity contribution in [2.75, 3.05) is 5.73 Å². The lowest BCUT2D eigenvalue weighted by atomic mass is 10.4. The quantitative estimate of drug-likeness (QED) is 0.548. The van der Waals surface area contributed by atoms with Gasteiger partial charge in [0, 0.05) is 12.4 Å². The van der Waals surface area contributed by atoms with Crippen molar-refractivity contribution >= 4 is 5.82 Å². The molecule has 0 aliphatic rings. The number of aromatic amines is 2. The highest BCUT2D eigenvalue weighted by Gasteiger charge is 2.05. The predicted octanol–water partition coefficient (Wildman–Crippen LogP) is 0.382. The second-order valence-electron chi connectivity index (χ2n) is 2.10. The van der Waals surface area contributed by atoms with Crippen LogP contribution in [0.1, 0.15) is 0 Å². The van der Waals surface area contributed by atoms with Gasteiger partial charge in [0.15, 0.2) is 11.6 Å². The summed E-state index contributed by atoms with van der Waals surface area (Å²) in [5, 5.41) is 0.